The Bertz CT molecular complexity index is 615. The van der Waals surface area contributed by atoms with Crippen LogP contribution in [0.2, 0.25) is 0 Å². The molecule has 1 N–H and O–H groups in total. The van der Waals surface area contributed by atoms with Gasteiger partial charge in [0.1, 0.15) is 18.1 Å². The maximum atomic E-state index is 8.93. The van der Waals surface area contributed by atoms with Crippen LogP contribution in [-0.2, 0) is 6.61 Å². The molecule has 0 unspecified atom stereocenters. The van der Waals surface area contributed by atoms with Crippen LogP contribution in [-0.4, -0.2) is 14.2 Å². The highest BCUT2D eigenvalue weighted by molar-refractivity contribution is 5.46. The Hall–Kier alpha value is -2.67. The summed E-state index contributed by atoms with van der Waals surface area (Å²) in [7, 11) is 3.47. The molecule has 0 spiro atoms. The lowest BCUT2D eigenvalue weighted by Crippen LogP contribution is -1.99. The summed E-state index contributed by atoms with van der Waals surface area (Å²) in [4.78, 5) is 0. The molecule has 4 heteroatoms. The summed E-state index contributed by atoms with van der Waals surface area (Å²) in [5, 5.41) is 12.0. The van der Waals surface area contributed by atoms with Crippen LogP contribution >= 0.6 is 0 Å². The van der Waals surface area contributed by atoms with Crippen LogP contribution in [0.25, 0.3) is 0 Å². The number of ether oxygens (including phenoxy) is 2. The van der Waals surface area contributed by atoms with Crippen molar-refractivity contribution >= 4 is 5.69 Å². The smallest absolute Gasteiger partial charge is 0.125 e. The molecular weight excluding hydrogens is 252 g/mol. The fourth-order valence-electron chi connectivity index (χ4n) is 1.84. The molecule has 0 aliphatic carbocycles. The Kier molecular flexibility index (Phi) is 4.46. The number of hydrogen-bond donors (Lipinski definition) is 1. The van der Waals surface area contributed by atoms with E-state index in [4.69, 9.17) is 14.7 Å². The summed E-state index contributed by atoms with van der Waals surface area (Å²) < 4.78 is 11.0. The van der Waals surface area contributed by atoms with Crippen LogP contribution in [0.15, 0.2) is 42.5 Å². The molecule has 0 radical (unpaired) electrons. The van der Waals surface area contributed by atoms with E-state index in [0.717, 1.165) is 22.7 Å². The van der Waals surface area contributed by atoms with E-state index in [0.29, 0.717) is 12.2 Å². The van der Waals surface area contributed by atoms with Gasteiger partial charge in [0.25, 0.3) is 0 Å². The van der Waals surface area contributed by atoms with Gasteiger partial charge in [-0.25, -0.2) is 0 Å². The molecule has 102 valence electrons. The van der Waals surface area contributed by atoms with E-state index in [9.17, 15) is 0 Å². The van der Waals surface area contributed by atoms with Crippen LogP contribution in [0.3, 0.4) is 0 Å². The van der Waals surface area contributed by atoms with Gasteiger partial charge < -0.3 is 14.8 Å². The minimum absolute atomic E-state index is 0.359. The van der Waals surface area contributed by atoms with Gasteiger partial charge in [-0.1, -0.05) is 0 Å². The van der Waals surface area contributed by atoms with E-state index in [1.54, 1.807) is 25.3 Å². The third-order valence-corrected chi connectivity index (χ3v) is 2.95. The lowest BCUT2D eigenvalue weighted by atomic mass is 10.1. The highest BCUT2D eigenvalue weighted by Gasteiger charge is 2.05. The van der Waals surface area contributed by atoms with E-state index in [-0.39, 0.29) is 0 Å². The van der Waals surface area contributed by atoms with Gasteiger partial charge in [-0.2, -0.15) is 5.26 Å². The first kappa shape index (κ1) is 13.8. The SMILES string of the molecule is CNc1ccc(OCc2cc(C#N)ccc2OC)cc1. The first-order valence-corrected chi connectivity index (χ1v) is 6.24. The highest BCUT2D eigenvalue weighted by Crippen LogP contribution is 2.22. The second-order valence-corrected chi connectivity index (χ2v) is 4.20. The predicted molar refractivity (Wildman–Crippen MR) is 78.0 cm³/mol. The monoisotopic (exact) mass is 268 g/mol. The molecule has 0 atom stereocenters. The number of nitriles is 1. The molecule has 0 aliphatic heterocycles. The summed E-state index contributed by atoms with van der Waals surface area (Å²) in [5.74, 6) is 1.49. The minimum atomic E-state index is 0.359. The van der Waals surface area contributed by atoms with Crippen LogP contribution < -0.4 is 14.8 Å². The molecule has 0 amide bonds. The third-order valence-electron chi connectivity index (χ3n) is 2.95. The van der Waals surface area contributed by atoms with Crippen LogP contribution in [0.4, 0.5) is 5.69 Å². The van der Waals surface area contributed by atoms with Gasteiger partial charge in [-0.05, 0) is 42.5 Å². The summed E-state index contributed by atoms with van der Waals surface area (Å²) >= 11 is 0. The number of methoxy groups -OCH3 is 1. The lowest BCUT2D eigenvalue weighted by Gasteiger charge is -2.11. The van der Waals surface area contributed by atoms with Gasteiger partial charge >= 0.3 is 0 Å². The van der Waals surface area contributed by atoms with Gasteiger partial charge in [0, 0.05) is 18.3 Å². The molecule has 2 rings (SSSR count). The Labute approximate surface area is 118 Å². The zero-order valence-corrected chi connectivity index (χ0v) is 11.5. The van der Waals surface area contributed by atoms with E-state index in [1.807, 2.05) is 31.3 Å². The van der Waals surface area contributed by atoms with Crippen molar-refractivity contribution in [1.82, 2.24) is 0 Å². The molecule has 2 aromatic carbocycles. The third kappa shape index (κ3) is 3.21. The Morgan fingerprint density at radius 3 is 2.50 bits per heavy atom. The largest absolute Gasteiger partial charge is 0.496 e. The highest BCUT2D eigenvalue weighted by atomic mass is 16.5. The number of benzene rings is 2. The van der Waals surface area contributed by atoms with Crippen molar-refractivity contribution in [2.75, 3.05) is 19.5 Å². The van der Waals surface area contributed by atoms with E-state index < -0.39 is 0 Å². The van der Waals surface area contributed by atoms with Gasteiger partial charge in [-0.3, -0.25) is 0 Å². The summed E-state index contributed by atoms with van der Waals surface area (Å²) in [6.45, 7) is 0.359. The second-order valence-electron chi connectivity index (χ2n) is 4.20. The first-order chi connectivity index (χ1) is 9.76. The average Bonchev–Trinajstić information content (AvgIpc) is 2.53. The number of nitrogens with one attached hydrogen (secondary N) is 1. The van der Waals surface area contributed by atoms with Gasteiger partial charge in [-0.15, -0.1) is 0 Å². The molecule has 0 fully saturated rings. The number of rotatable bonds is 5. The molecule has 0 saturated carbocycles. The maximum Gasteiger partial charge on any atom is 0.125 e. The van der Waals surface area contributed by atoms with E-state index >= 15 is 0 Å². The lowest BCUT2D eigenvalue weighted by molar-refractivity contribution is 0.296. The van der Waals surface area contributed by atoms with Crippen molar-refractivity contribution in [2.24, 2.45) is 0 Å². The average molecular weight is 268 g/mol. The van der Waals surface area contributed by atoms with Crippen molar-refractivity contribution in [3.63, 3.8) is 0 Å². The Morgan fingerprint density at radius 2 is 1.90 bits per heavy atom. The van der Waals surface area contributed by atoms with Crippen molar-refractivity contribution in [3.05, 3.63) is 53.6 Å². The van der Waals surface area contributed by atoms with Gasteiger partial charge in [0.15, 0.2) is 0 Å². The van der Waals surface area contributed by atoms with Crippen LogP contribution in [0.1, 0.15) is 11.1 Å². The number of hydrogen-bond acceptors (Lipinski definition) is 4. The zero-order chi connectivity index (χ0) is 14.4. The van der Waals surface area contributed by atoms with Gasteiger partial charge in [0.2, 0.25) is 0 Å². The topological polar surface area (TPSA) is 54.3 Å². The predicted octanol–water partition coefficient (Wildman–Crippen LogP) is 3.19. The summed E-state index contributed by atoms with van der Waals surface area (Å²) in [6.07, 6.45) is 0. The van der Waals surface area contributed by atoms with Crippen molar-refractivity contribution in [1.29, 1.82) is 5.26 Å². The van der Waals surface area contributed by atoms with Crippen molar-refractivity contribution < 1.29 is 9.47 Å². The first-order valence-electron chi connectivity index (χ1n) is 6.24. The molecule has 0 saturated heterocycles. The minimum Gasteiger partial charge on any atom is -0.496 e. The fraction of sp³-hybridized carbons (Fsp3) is 0.188. The molecule has 2 aromatic rings. The molecule has 0 aromatic heterocycles. The van der Waals surface area contributed by atoms with E-state index in [1.165, 1.54) is 0 Å². The van der Waals surface area contributed by atoms with E-state index in [2.05, 4.69) is 11.4 Å². The van der Waals surface area contributed by atoms with Crippen LogP contribution in [0.5, 0.6) is 11.5 Å². The number of nitrogens with zero attached hydrogens (tertiary/aromatic N) is 1. The number of anilines is 1. The fourth-order valence-corrected chi connectivity index (χ4v) is 1.84. The van der Waals surface area contributed by atoms with Crippen LogP contribution in [0, 0.1) is 11.3 Å². The Balaban J connectivity index is 2.11. The van der Waals surface area contributed by atoms with Crippen molar-refractivity contribution in [2.45, 2.75) is 6.61 Å². The summed E-state index contributed by atoms with van der Waals surface area (Å²) in [6, 6.07) is 15.1. The zero-order valence-electron chi connectivity index (χ0n) is 11.5. The normalized spacial score (nSPS) is 9.65. The maximum absolute atomic E-state index is 8.93. The second kappa shape index (κ2) is 6.48. The van der Waals surface area contributed by atoms with Crippen molar-refractivity contribution in [3.8, 4) is 17.6 Å². The molecule has 0 bridgehead atoms. The molecule has 0 aliphatic rings. The van der Waals surface area contributed by atoms with Gasteiger partial charge in [0.05, 0.1) is 18.7 Å². The molecule has 0 heterocycles. The standard InChI is InChI=1S/C16H16N2O2/c1-18-14-4-6-15(7-5-14)20-11-13-9-12(10-17)3-8-16(13)19-2/h3-9,18H,11H2,1-2H3. The summed E-state index contributed by atoms with van der Waals surface area (Å²) in [5.41, 5.74) is 2.47. The quantitative estimate of drug-likeness (QED) is 0.904. The Morgan fingerprint density at radius 1 is 1.15 bits per heavy atom. The molecular formula is C16H16N2O2. The molecule has 4 nitrogen and oxygen atoms in total. The molecule has 20 heavy (non-hydrogen) atoms.